The zero-order valence-electron chi connectivity index (χ0n) is 18.3. The zero-order chi connectivity index (χ0) is 23.7. The lowest BCUT2D eigenvalue weighted by Gasteiger charge is -2.27. The molecular formula is C24H24N4O6. The standard InChI is InChI=1S/C24H24N4O6/c29-19-12-22(28(13-19)23(31)16-2-1-15-7-8-25-20(15)11-16)34-24(32)26-17-3-5-18(6-4-17)27-9-10-33-14-21(27)30/h1-8,11,19,22,25,29H,9-10,12-14H2,(H,26,32)/t19-,22-/m1/s1. The van der Waals surface area contributed by atoms with Crippen LogP contribution in [0.4, 0.5) is 16.2 Å². The molecule has 2 aromatic carbocycles. The first-order valence-corrected chi connectivity index (χ1v) is 11.0. The molecule has 176 valence electrons. The number of carbonyl (C=O) groups is 3. The summed E-state index contributed by atoms with van der Waals surface area (Å²) >= 11 is 0. The summed E-state index contributed by atoms with van der Waals surface area (Å²) in [6, 6.07) is 14.0. The number of nitrogens with one attached hydrogen (secondary N) is 2. The van der Waals surface area contributed by atoms with E-state index in [1.807, 2.05) is 12.1 Å². The summed E-state index contributed by atoms with van der Waals surface area (Å²) in [6.45, 7) is 1.06. The van der Waals surface area contributed by atoms with Crippen LogP contribution in [0.2, 0.25) is 0 Å². The highest BCUT2D eigenvalue weighted by molar-refractivity contribution is 5.98. The van der Waals surface area contributed by atoms with Gasteiger partial charge in [-0.15, -0.1) is 0 Å². The number of aromatic nitrogens is 1. The largest absolute Gasteiger partial charge is 0.425 e. The Labute approximate surface area is 195 Å². The minimum absolute atomic E-state index is 0.0493. The normalized spacial score (nSPS) is 20.6. The van der Waals surface area contributed by atoms with E-state index < -0.39 is 18.4 Å². The molecule has 3 N–H and O–H groups in total. The van der Waals surface area contributed by atoms with Gasteiger partial charge in [0, 0.05) is 41.6 Å². The van der Waals surface area contributed by atoms with Crippen molar-refractivity contribution in [1.29, 1.82) is 0 Å². The van der Waals surface area contributed by atoms with Crippen molar-refractivity contribution in [3.05, 3.63) is 60.3 Å². The van der Waals surface area contributed by atoms with Crippen molar-refractivity contribution in [2.24, 2.45) is 0 Å². The Morgan fingerprint density at radius 1 is 1.15 bits per heavy atom. The Morgan fingerprint density at radius 3 is 2.76 bits per heavy atom. The highest BCUT2D eigenvalue weighted by Gasteiger charge is 2.37. The number of hydrogen-bond acceptors (Lipinski definition) is 6. The maximum Gasteiger partial charge on any atom is 0.413 e. The lowest BCUT2D eigenvalue weighted by molar-refractivity contribution is -0.125. The number of fused-ring (bicyclic) bond motifs is 1. The van der Waals surface area contributed by atoms with E-state index in [1.54, 1.807) is 47.5 Å². The predicted molar refractivity (Wildman–Crippen MR) is 123 cm³/mol. The first kappa shape index (κ1) is 21.9. The molecule has 0 aliphatic carbocycles. The summed E-state index contributed by atoms with van der Waals surface area (Å²) < 4.78 is 10.6. The van der Waals surface area contributed by atoms with Gasteiger partial charge in [0.25, 0.3) is 11.8 Å². The van der Waals surface area contributed by atoms with Crippen molar-refractivity contribution in [2.45, 2.75) is 18.8 Å². The molecule has 0 saturated carbocycles. The summed E-state index contributed by atoms with van der Waals surface area (Å²) in [4.78, 5) is 43.6. The van der Waals surface area contributed by atoms with E-state index in [0.717, 1.165) is 10.9 Å². The number of benzene rings is 2. The second kappa shape index (κ2) is 9.16. The fourth-order valence-corrected chi connectivity index (χ4v) is 4.24. The van der Waals surface area contributed by atoms with Crippen molar-refractivity contribution in [1.82, 2.24) is 9.88 Å². The number of β-amino-alcohol motifs (C(OH)–C–C–N with tert-alkyl or cyclic N) is 1. The van der Waals surface area contributed by atoms with Crippen LogP contribution in [0.15, 0.2) is 54.7 Å². The number of amides is 3. The molecule has 10 heteroatoms. The summed E-state index contributed by atoms with van der Waals surface area (Å²) in [5.41, 5.74) is 2.44. The minimum atomic E-state index is -0.896. The second-order valence-corrected chi connectivity index (χ2v) is 8.26. The highest BCUT2D eigenvalue weighted by Crippen LogP contribution is 2.25. The van der Waals surface area contributed by atoms with Crippen LogP contribution in [0.25, 0.3) is 10.9 Å². The van der Waals surface area contributed by atoms with Crippen LogP contribution in [0.1, 0.15) is 16.8 Å². The van der Waals surface area contributed by atoms with Crippen LogP contribution in [0.3, 0.4) is 0 Å². The van der Waals surface area contributed by atoms with Crippen LogP contribution in [0, 0.1) is 0 Å². The minimum Gasteiger partial charge on any atom is -0.425 e. The van der Waals surface area contributed by atoms with Gasteiger partial charge in [0.1, 0.15) is 6.61 Å². The average Bonchev–Trinajstić information content (AvgIpc) is 3.45. The number of anilines is 2. The first-order chi connectivity index (χ1) is 16.5. The molecule has 2 atom stereocenters. The number of rotatable bonds is 4. The third kappa shape index (κ3) is 4.45. The molecule has 2 saturated heterocycles. The fraction of sp³-hybridized carbons (Fsp3) is 0.292. The SMILES string of the molecule is O=C(Nc1ccc(N2CCOCC2=O)cc1)O[C@@H]1C[C@@H](O)CN1C(=O)c1ccc2cc[nH]c2c1. The summed E-state index contributed by atoms with van der Waals surface area (Å²) in [6.07, 6.45) is -0.511. The Bertz CT molecular complexity index is 1220. The molecule has 3 amide bonds. The number of hydrogen-bond donors (Lipinski definition) is 3. The third-order valence-electron chi connectivity index (χ3n) is 5.95. The molecule has 1 aromatic heterocycles. The molecule has 5 rings (SSSR count). The maximum atomic E-state index is 13.1. The Hall–Kier alpha value is -3.89. The molecule has 0 unspecified atom stereocenters. The number of H-pyrrole nitrogens is 1. The third-order valence-corrected chi connectivity index (χ3v) is 5.95. The number of aliphatic hydroxyl groups is 1. The first-order valence-electron chi connectivity index (χ1n) is 11.0. The van der Waals surface area contributed by atoms with E-state index in [-0.39, 0.29) is 31.4 Å². The molecule has 2 aliphatic heterocycles. The van der Waals surface area contributed by atoms with E-state index in [2.05, 4.69) is 10.3 Å². The molecule has 3 heterocycles. The Balaban J connectivity index is 1.23. The lowest BCUT2D eigenvalue weighted by Crippen LogP contribution is -2.41. The van der Waals surface area contributed by atoms with Gasteiger partial charge in [0.15, 0.2) is 6.23 Å². The zero-order valence-corrected chi connectivity index (χ0v) is 18.3. The van der Waals surface area contributed by atoms with Crippen LogP contribution >= 0.6 is 0 Å². The van der Waals surface area contributed by atoms with Crippen molar-refractivity contribution in [2.75, 3.05) is 36.5 Å². The van der Waals surface area contributed by atoms with E-state index in [9.17, 15) is 19.5 Å². The average molecular weight is 464 g/mol. The van der Waals surface area contributed by atoms with Gasteiger partial charge in [-0.3, -0.25) is 14.9 Å². The molecular weight excluding hydrogens is 440 g/mol. The van der Waals surface area contributed by atoms with Gasteiger partial charge in [-0.1, -0.05) is 6.07 Å². The maximum absolute atomic E-state index is 13.1. The number of morpholine rings is 1. The van der Waals surface area contributed by atoms with Gasteiger partial charge in [-0.2, -0.15) is 0 Å². The molecule has 34 heavy (non-hydrogen) atoms. The number of aromatic amines is 1. The van der Waals surface area contributed by atoms with Gasteiger partial charge >= 0.3 is 6.09 Å². The quantitative estimate of drug-likeness (QED) is 0.544. The van der Waals surface area contributed by atoms with Crippen molar-refractivity contribution >= 4 is 40.2 Å². The molecule has 0 bridgehead atoms. The lowest BCUT2D eigenvalue weighted by atomic mass is 10.1. The molecule has 2 aliphatic rings. The topological polar surface area (TPSA) is 124 Å². The van der Waals surface area contributed by atoms with E-state index in [4.69, 9.17) is 9.47 Å². The molecule has 0 radical (unpaired) electrons. The van der Waals surface area contributed by atoms with Crippen LogP contribution in [-0.2, 0) is 14.3 Å². The smallest absolute Gasteiger partial charge is 0.413 e. The van der Waals surface area contributed by atoms with Crippen molar-refractivity contribution in [3.63, 3.8) is 0 Å². The van der Waals surface area contributed by atoms with Crippen LogP contribution in [0.5, 0.6) is 0 Å². The van der Waals surface area contributed by atoms with Crippen LogP contribution < -0.4 is 10.2 Å². The van der Waals surface area contributed by atoms with Gasteiger partial charge in [0.2, 0.25) is 0 Å². The number of aliphatic hydroxyl groups excluding tert-OH is 1. The van der Waals surface area contributed by atoms with Crippen LogP contribution in [-0.4, -0.2) is 71.5 Å². The van der Waals surface area contributed by atoms with E-state index in [0.29, 0.717) is 30.1 Å². The molecule has 10 nitrogen and oxygen atoms in total. The molecule has 3 aromatic rings. The van der Waals surface area contributed by atoms with E-state index >= 15 is 0 Å². The predicted octanol–water partition coefficient (Wildman–Crippen LogP) is 2.31. The number of likely N-dealkylation sites (tertiary alicyclic amines) is 1. The number of nitrogens with zero attached hydrogens (tertiary/aromatic N) is 2. The number of carbonyl (C=O) groups excluding carboxylic acids is 3. The van der Waals surface area contributed by atoms with Crippen molar-refractivity contribution < 1.29 is 29.0 Å². The summed E-state index contributed by atoms with van der Waals surface area (Å²) in [5, 5.41) is 13.7. The van der Waals surface area contributed by atoms with Gasteiger partial charge in [0.05, 0.1) is 19.3 Å². The second-order valence-electron chi connectivity index (χ2n) is 8.26. The summed E-state index contributed by atoms with van der Waals surface area (Å²) in [5.74, 6) is -0.447. The highest BCUT2D eigenvalue weighted by atomic mass is 16.6. The Morgan fingerprint density at radius 2 is 1.97 bits per heavy atom. The van der Waals surface area contributed by atoms with Gasteiger partial charge in [-0.05, 0) is 47.9 Å². The van der Waals surface area contributed by atoms with E-state index in [1.165, 1.54) is 4.90 Å². The number of ether oxygens (including phenoxy) is 2. The summed E-state index contributed by atoms with van der Waals surface area (Å²) in [7, 11) is 0. The molecule has 2 fully saturated rings. The Kier molecular flexibility index (Phi) is 5.91. The molecule has 0 spiro atoms. The fourth-order valence-electron chi connectivity index (χ4n) is 4.24. The van der Waals surface area contributed by atoms with Gasteiger partial charge in [-0.25, -0.2) is 4.79 Å². The van der Waals surface area contributed by atoms with Gasteiger partial charge < -0.3 is 29.4 Å². The van der Waals surface area contributed by atoms with Crippen molar-refractivity contribution in [3.8, 4) is 0 Å². The monoisotopic (exact) mass is 464 g/mol.